The molecule has 1 heterocycles. The molecule has 0 saturated carbocycles. The third kappa shape index (κ3) is 3.35. The normalized spacial score (nSPS) is 10.4. The number of nitrogens with one attached hydrogen (secondary N) is 1. The largest absolute Gasteiger partial charge is 0.508 e. The summed E-state index contributed by atoms with van der Waals surface area (Å²) >= 11 is 0. The Balaban J connectivity index is 1.75. The molecule has 0 amide bonds. The van der Waals surface area contributed by atoms with Crippen molar-refractivity contribution < 1.29 is 5.11 Å². The average molecular weight is 291 g/mol. The Morgan fingerprint density at radius 3 is 2.55 bits per heavy atom. The summed E-state index contributed by atoms with van der Waals surface area (Å²) in [6.07, 6.45) is 3.61. The molecule has 110 valence electrons. The standard InChI is InChI=1S/C18H17N3O/c19-16-6-4-14(5-7-16)15-9-17(12-20-11-15)21-10-13-2-1-3-18(22)8-13/h1-9,11-12,21-22H,10,19H2. The molecule has 3 aromatic rings. The van der Waals surface area contributed by atoms with Crippen LogP contribution in [0.4, 0.5) is 11.4 Å². The lowest BCUT2D eigenvalue weighted by atomic mass is 10.1. The van der Waals surface area contributed by atoms with Crippen molar-refractivity contribution in [2.75, 3.05) is 11.1 Å². The molecule has 0 aliphatic heterocycles. The molecule has 0 bridgehead atoms. The minimum absolute atomic E-state index is 0.271. The zero-order valence-corrected chi connectivity index (χ0v) is 12.0. The Morgan fingerprint density at radius 1 is 0.955 bits per heavy atom. The third-order valence-electron chi connectivity index (χ3n) is 3.39. The lowest BCUT2D eigenvalue weighted by Gasteiger charge is -2.09. The molecule has 0 spiro atoms. The molecule has 0 saturated heterocycles. The summed E-state index contributed by atoms with van der Waals surface area (Å²) in [5.41, 5.74) is 10.5. The van der Waals surface area contributed by atoms with Gasteiger partial charge in [-0.3, -0.25) is 4.98 Å². The van der Waals surface area contributed by atoms with E-state index in [1.54, 1.807) is 18.3 Å². The van der Waals surface area contributed by atoms with E-state index in [1.165, 1.54) is 0 Å². The van der Waals surface area contributed by atoms with Gasteiger partial charge in [-0.2, -0.15) is 0 Å². The second-order valence-corrected chi connectivity index (χ2v) is 5.11. The van der Waals surface area contributed by atoms with E-state index >= 15 is 0 Å². The number of nitrogens with zero attached hydrogens (tertiary/aromatic N) is 1. The molecular weight excluding hydrogens is 274 g/mol. The SMILES string of the molecule is Nc1ccc(-c2cncc(NCc3cccc(O)c3)c2)cc1. The van der Waals surface area contributed by atoms with Crippen LogP contribution in [0.25, 0.3) is 11.1 Å². The summed E-state index contributed by atoms with van der Waals surface area (Å²) in [6.45, 7) is 0.626. The molecule has 0 radical (unpaired) electrons. The van der Waals surface area contributed by atoms with Crippen LogP contribution in [0.1, 0.15) is 5.56 Å². The number of aromatic hydroxyl groups is 1. The number of phenolic OH excluding ortho intramolecular Hbond substituents is 1. The van der Waals surface area contributed by atoms with Crippen LogP contribution in [-0.4, -0.2) is 10.1 Å². The predicted molar refractivity (Wildman–Crippen MR) is 89.5 cm³/mol. The first-order valence-electron chi connectivity index (χ1n) is 7.03. The number of nitrogens with two attached hydrogens (primary N) is 1. The number of nitrogen functional groups attached to an aromatic ring is 1. The van der Waals surface area contributed by atoms with Gasteiger partial charge in [0.05, 0.1) is 5.69 Å². The van der Waals surface area contributed by atoms with E-state index in [1.807, 2.05) is 48.7 Å². The molecule has 4 N–H and O–H groups in total. The number of phenols is 1. The Labute approximate surface area is 129 Å². The van der Waals surface area contributed by atoms with E-state index in [9.17, 15) is 5.11 Å². The minimum atomic E-state index is 0.271. The van der Waals surface area contributed by atoms with Crippen molar-refractivity contribution in [1.82, 2.24) is 4.98 Å². The molecule has 0 aliphatic rings. The minimum Gasteiger partial charge on any atom is -0.508 e. The third-order valence-corrected chi connectivity index (χ3v) is 3.39. The van der Waals surface area contributed by atoms with Crippen LogP contribution in [0.5, 0.6) is 5.75 Å². The molecule has 3 rings (SSSR count). The fraction of sp³-hybridized carbons (Fsp3) is 0.0556. The predicted octanol–water partition coefficient (Wildman–Crippen LogP) is 3.65. The monoisotopic (exact) mass is 291 g/mol. The quantitative estimate of drug-likeness (QED) is 0.642. The molecular formula is C18H17N3O. The molecule has 4 nitrogen and oxygen atoms in total. The number of anilines is 2. The summed E-state index contributed by atoms with van der Waals surface area (Å²) < 4.78 is 0. The maximum Gasteiger partial charge on any atom is 0.115 e. The summed E-state index contributed by atoms with van der Waals surface area (Å²) in [4.78, 5) is 4.27. The molecule has 0 aliphatic carbocycles. The van der Waals surface area contributed by atoms with E-state index in [-0.39, 0.29) is 5.75 Å². The van der Waals surface area contributed by atoms with Crippen LogP contribution < -0.4 is 11.1 Å². The van der Waals surface area contributed by atoms with Crippen LogP contribution in [0.15, 0.2) is 67.0 Å². The zero-order chi connectivity index (χ0) is 15.4. The Morgan fingerprint density at radius 2 is 1.77 bits per heavy atom. The smallest absolute Gasteiger partial charge is 0.115 e. The fourth-order valence-corrected chi connectivity index (χ4v) is 2.24. The Hall–Kier alpha value is -3.01. The first-order valence-corrected chi connectivity index (χ1v) is 7.03. The molecule has 2 aromatic carbocycles. The Bertz CT molecular complexity index is 769. The maximum absolute atomic E-state index is 9.48. The van der Waals surface area contributed by atoms with Gasteiger partial charge in [0.1, 0.15) is 5.75 Å². The summed E-state index contributed by atoms with van der Waals surface area (Å²) in [5, 5.41) is 12.8. The van der Waals surface area contributed by atoms with Gasteiger partial charge in [-0.05, 0) is 41.5 Å². The van der Waals surface area contributed by atoms with Crippen molar-refractivity contribution in [2.24, 2.45) is 0 Å². The number of pyridine rings is 1. The first-order chi connectivity index (χ1) is 10.7. The van der Waals surface area contributed by atoms with Crippen LogP contribution in [0, 0.1) is 0 Å². The second kappa shape index (κ2) is 6.18. The highest BCUT2D eigenvalue weighted by Crippen LogP contribution is 2.23. The van der Waals surface area contributed by atoms with Gasteiger partial charge >= 0.3 is 0 Å². The summed E-state index contributed by atoms with van der Waals surface area (Å²) in [5.74, 6) is 0.271. The number of benzene rings is 2. The number of rotatable bonds is 4. The molecule has 1 aromatic heterocycles. The molecule has 22 heavy (non-hydrogen) atoms. The lowest BCUT2D eigenvalue weighted by molar-refractivity contribution is 0.474. The van der Waals surface area contributed by atoms with Gasteiger partial charge in [-0.25, -0.2) is 0 Å². The van der Waals surface area contributed by atoms with E-state index in [4.69, 9.17) is 5.73 Å². The van der Waals surface area contributed by atoms with Crippen molar-refractivity contribution in [3.05, 3.63) is 72.6 Å². The van der Waals surface area contributed by atoms with Crippen LogP contribution in [0.3, 0.4) is 0 Å². The molecule has 0 unspecified atom stereocenters. The number of aromatic nitrogens is 1. The summed E-state index contributed by atoms with van der Waals surface area (Å²) in [6, 6.07) is 16.9. The van der Waals surface area contributed by atoms with Gasteiger partial charge in [0.2, 0.25) is 0 Å². The van der Waals surface area contributed by atoms with Gasteiger partial charge in [-0.1, -0.05) is 24.3 Å². The van der Waals surface area contributed by atoms with E-state index in [0.717, 1.165) is 28.1 Å². The van der Waals surface area contributed by atoms with Crippen molar-refractivity contribution in [3.8, 4) is 16.9 Å². The number of hydrogen-bond donors (Lipinski definition) is 3. The van der Waals surface area contributed by atoms with Gasteiger partial charge in [-0.15, -0.1) is 0 Å². The maximum atomic E-state index is 9.48. The first kappa shape index (κ1) is 13.9. The highest BCUT2D eigenvalue weighted by Gasteiger charge is 2.01. The van der Waals surface area contributed by atoms with Crippen molar-refractivity contribution >= 4 is 11.4 Å². The topological polar surface area (TPSA) is 71.2 Å². The highest BCUT2D eigenvalue weighted by atomic mass is 16.3. The van der Waals surface area contributed by atoms with Crippen LogP contribution >= 0.6 is 0 Å². The Kier molecular flexibility index (Phi) is 3.92. The molecule has 0 fully saturated rings. The van der Waals surface area contributed by atoms with Crippen molar-refractivity contribution in [1.29, 1.82) is 0 Å². The van der Waals surface area contributed by atoms with Crippen LogP contribution in [0.2, 0.25) is 0 Å². The second-order valence-electron chi connectivity index (χ2n) is 5.11. The van der Waals surface area contributed by atoms with Gasteiger partial charge < -0.3 is 16.2 Å². The lowest BCUT2D eigenvalue weighted by Crippen LogP contribution is -1.99. The highest BCUT2D eigenvalue weighted by molar-refractivity contribution is 5.68. The fourth-order valence-electron chi connectivity index (χ4n) is 2.24. The number of hydrogen-bond acceptors (Lipinski definition) is 4. The zero-order valence-electron chi connectivity index (χ0n) is 12.0. The van der Waals surface area contributed by atoms with E-state index in [2.05, 4.69) is 10.3 Å². The summed E-state index contributed by atoms with van der Waals surface area (Å²) in [7, 11) is 0. The van der Waals surface area contributed by atoms with Gasteiger partial charge in [0, 0.05) is 30.2 Å². The van der Waals surface area contributed by atoms with Crippen molar-refractivity contribution in [3.63, 3.8) is 0 Å². The molecule has 4 heteroatoms. The van der Waals surface area contributed by atoms with Crippen molar-refractivity contribution in [2.45, 2.75) is 6.54 Å². The van der Waals surface area contributed by atoms with Gasteiger partial charge in [0.25, 0.3) is 0 Å². The molecule has 0 atom stereocenters. The van der Waals surface area contributed by atoms with E-state index < -0.39 is 0 Å². The average Bonchev–Trinajstić information content (AvgIpc) is 2.54. The van der Waals surface area contributed by atoms with E-state index in [0.29, 0.717) is 6.54 Å². The van der Waals surface area contributed by atoms with Gasteiger partial charge in [0.15, 0.2) is 0 Å². The van der Waals surface area contributed by atoms with Crippen LogP contribution in [-0.2, 0) is 6.54 Å².